The lowest BCUT2D eigenvalue weighted by Gasteiger charge is -2.26. The number of carbonyl (C=O) groups excluding carboxylic acids is 2. The Labute approximate surface area is 460 Å². The van der Waals surface area contributed by atoms with Crippen LogP contribution in [-0.2, 0) is 62.5 Å². The van der Waals surface area contributed by atoms with Crippen molar-refractivity contribution < 1.29 is 61.5 Å². The standard InChI is InChI=1S/C56H60N6O13S4/c1-8-61-46-23-20-41-34(3)28-39(77(67,68)69)29-43(41)52(46)55(4,5)49(61)25-16-36(45-22-15-37(33-59-45)54(64)58-27-11-10-12-51(63)60-32-35-13-18-38(19-14-35)76(57,65)66)17-26-50-56(6,7)53-44-30-40(78(70,71)72)31-48(79(73,74)75)42(44)21-24-47(53)62(50)9-2/h13-26,28-31,33H,8-12,27,32H2,1-7H3,(H6-,57,58,60,63,64,65,66,67,68,69,70,71,72,73,74,75)/p+1. The number of pyridine rings is 1. The molecule has 2 aliphatic rings. The van der Waals surface area contributed by atoms with Crippen molar-refractivity contribution in [3.05, 3.63) is 155 Å². The number of nitrogens with one attached hydrogen (secondary N) is 2. The number of hydrogen-bond donors (Lipinski definition) is 6. The van der Waals surface area contributed by atoms with Gasteiger partial charge >= 0.3 is 0 Å². The van der Waals surface area contributed by atoms with Crippen LogP contribution in [0, 0.1) is 6.92 Å². The van der Waals surface area contributed by atoms with Crippen LogP contribution in [0.25, 0.3) is 27.1 Å². The van der Waals surface area contributed by atoms with Gasteiger partial charge in [0.15, 0.2) is 5.71 Å². The number of likely N-dealkylation sites (N-methyl/N-ethyl adjacent to an activating group) is 1. The smallest absolute Gasteiger partial charge is 0.295 e. The molecule has 1 aromatic heterocycles. The van der Waals surface area contributed by atoms with Crippen molar-refractivity contribution in [2.45, 2.75) is 105 Å². The number of carbonyl (C=O) groups is 2. The third kappa shape index (κ3) is 11.7. The lowest BCUT2D eigenvalue weighted by atomic mass is 9.78. The second kappa shape index (κ2) is 21.6. The Hall–Kier alpha value is -6.96. The number of hydrogen-bond acceptors (Lipinski definition) is 12. The molecule has 3 heterocycles. The molecule has 0 unspecified atom stereocenters. The van der Waals surface area contributed by atoms with Crippen molar-refractivity contribution >= 4 is 96.4 Å². The molecule has 5 aromatic carbocycles. The number of fused-ring (bicyclic) bond motifs is 6. The van der Waals surface area contributed by atoms with Gasteiger partial charge < -0.3 is 15.5 Å². The second-order valence-electron chi connectivity index (χ2n) is 20.4. The van der Waals surface area contributed by atoms with Crippen LogP contribution >= 0.6 is 0 Å². The van der Waals surface area contributed by atoms with E-state index in [0.29, 0.717) is 70.7 Å². The number of nitrogens with zero attached hydrogens (tertiary/aromatic N) is 3. The third-order valence-electron chi connectivity index (χ3n) is 14.6. The molecule has 8 rings (SSSR count). The molecule has 2 amide bonds. The number of aryl methyl sites for hydroxylation is 1. The number of aromatic nitrogens is 1. The van der Waals surface area contributed by atoms with Gasteiger partial charge in [0.2, 0.25) is 21.6 Å². The van der Waals surface area contributed by atoms with Crippen molar-refractivity contribution in [3.8, 4) is 0 Å². The Morgan fingerprint density at radius 2 is 1.37 bits per heavy atom. The summed E-state index contributed by atoms with van der Waals surface area (Å²) in [7, 11) is -18.3. The molecule has 0 spiro atoms. The Balaban J connectivity index is 1.12. The predicted octanol–water partition coefficient (Wildman–Crippen LogP) is 8.04. The minimum atomic E-state index is -4.97. The maximum atomic E-state index is 13.4. The third-order valence-corrected chi connectivity index (χ3v) is 18.0. The molecule has 23 heteroatoms. The van der Waals surface area contributed by atoms with Crippen molar-refractivity contribution in [2.24, 2.45) is 5.14 Å². The first kappa shape index (κ1) is 58.2. The monoisotopic (exact) mass is 1150 g/mol. The van der Waals surface area contributed by atoms with Gasteiger partial charge in [-0.1, -0.05) is 38.1 Å². The largest absolute Gasteiger partial charge is 0.352 e. The number of allylic oxidation sites excluding steroid dienone is 6. The zero-order chi connectivity index (χ0) is 57.8. The highest BCUT2D eigenvalue weighted by molar-refractivity contribution is 7.89. The molecule has 7 N–H and O–H groups in total. The minimum absolute atomic E-state index is 0.0308. The van der Waals surface area contributed by atoms with E-state index in [1.807, 2.05) is 82.9 Å². The van der Waals surface area contributed by atoms with Gasteiger partial charge in [-0.15, -0.1) is 0 Å². The first-order chi connectivity index (χ1) is 36.9. The van der Waals surface area contributed by atoms with Gasteiger partial charge in [-0.2, -0.15) is 29.8 Å². The predicted molar refractivity (Wildman–Crippen MR) is 302 cm³/mol. The summed E-state index contributed by atoms with van der Waals surface area (Å²) in [6, 6.07) is 21.2. The Bertz CT molecular complexity index is 4110. The van der Waals surface area contributed by atoms with Crippen LogP contribution in [-0.4, -0.2) is 94.0 Å². The van der Waals surface area contributed by atoms with Gasteiger partial charge in [-0.05, 0) is 153 Å². The van der Waals surface area contributed by atoms with Crippen LogP contribution < -0.4 is 20.7 Å². The molecule has 0 atom stereocenters. The minimum Gasteiger partial charge on any atom is -0.352 e. The summed E-state index contributed by atoms with van der Waals surface area (Å²) >= 11 is 0. The van der Waals surface area contributed by atoms with Gasteiger partial charge in [-0.3, -0.25) is 28.2 Å². The molecule has 79 heavy (non-hydrogen) atoms. The van der Waals surface area contributed by atoms with Crippen LogP contribution in [0.5, 0.6) is 0 Å². The van der Waals surface area contributed by atoms with Crippen LogP contribution in [0.2, 0.25) is 0 Å². The number of unbranched alkanes of at least 4 members (excludes halogenated alkanes) is 1. The van der Waals surface area contributed by atoms with Crippen molar-refractivity contribution in [1.82, 2.24) is 15.6 Å². The number of nitrogens with two attached hydrogens (primary N) is 1. The second-order valence-corrected chi connectivity index (χ2v) is 26.2. The zero-order valence-electron chi connectivity index (χ0n) is 44.4. The van der Waals surface area contributed by atoms with Crippen molar-refractivity contribution in [1.29, 1.82) is 0 Å². The fourth-order valence-corrected chi connectivity index (χ4v) is 13.2. The average molecular weight is 1150 g/mol. The molecular formula is C56H61N6O13S4+. The Kier molecular flexibility index (Phi) is 15.9. The maximum absolute atomic E-state index is 13.4. The summed E-state index contributed by atoms with van der Waals surface area (Å²) in [5, 5.41) is 12.6. The van der Waals surface area contributed by atoms with Gasteiger partial charge in [0, 0.05) is 77.7 Å². The van der Waals surface area contributed by atoms with Gasteiger partial charge in [0.05, 0.1) is 31.4 Å². The van der Waals surface area contributed by atoms with E-state index in [9.17, 15) is 56.9 Å². The summed E-state index contributed by atoms with van der Waals surface area (Å²) in [6.07, 6.45) is 10.2. The fourth-order valence-electron chi connectivity index (χ4n) is 10.7. The summed E-state index contributed by atoms with van der Waals surface area (Å²) in [5.74, 6) is -0.602. The molecule has 2 aliphatic heterocycles. The molecule has 0 radical (unpaired) electrons. The number of amides is 2. The van der Waals surface area contributed by atoms with Crippen LogP contribution in [0.4, 0.5) is 11.4 Å². The highest BCUT2D eigenvalue weighted by atomic mass is 32.2. The van der Waals surface area contributed by atoms with Crippen LogP contribution in [0.1, 0.15) is 99.1 Å². The summed E-state index contributed by atoms with van der Waals surface area (Å²) < 4.78 is 131. The van der Waals surface area contributed by atoms with Crippen molar-refractivity contribution in [3.63, 3.8) is 0 Å². The lowest BCUT2D eigenvalue weighted by Crippen LogP contribution is -2.27. The zero-order valence-corrected chi connectivity index (χ0v) is 47.7. The van der Waals surface area contributed by atoms with Crippen molar-refractivity contribution in [2.75, 3.05) is 24.5 Å². The molecule has 0 aliphatic carbocycles. The Morgan fingerprint density at radius 3 is 1.96 bits per heavy atom. The lowest BCUT2D eigenvalue weighted by molar-refractivity contribution is -0.433. The molecule has 0 saturated carbocycles. The topological polar surface area (TPSA) is 301 Å². The quantitative estimate of drug-likeness (QED) is 0.0205. The van der Waals surface area contributed by atoms with Gasteiger partial charge in [0.1, 0.15) is 11.4 Å². The number of anilines is 1. The molecule has 0 fully saturated rings. The number of rotatable bonds is 18. The Morgan fingerprint density at radius 1 is 0.722 bits per heavy atom. The first-order valence-corrected chi connectivity index (χ1v) is 31.0. The van der Waals surface area contributed by atoms with Gasteiger partial charge in [-0.25, -0.2) is 13.6 Å². The van der Waals surface area contributed by atoms with E-state index < -0.39 is 61.0 Å². The average Bonchev–Trinajstić information content (AvgIpc) is 3.20. The first-order valence-electron chi connectivity index (χ1n) is 25.2. The molecule has 19 nitrogen and oxygen atoms in total. The highest BCUT2D eigenvalue weighted by Crippen LogP contribution is 2.52. The normalized spacial score (nSPS) is 16.1. The summed E-state index contributed by atoms with van der Waals surface area (Å²) in [5.41, 5.74) is 5.47. The van der Waals surface area contributed by atoms with Crippen LogP contribution in [0.15, 0.2) is 141 Å². The van der Waals surface area contributed by atoms with E-state index >= 15 is 0 Å². The van der Waals surface area contributed by atoms with E-state index in [1.54, 1.807) is 37.3 Å². The van der Waals surface area contributed by atoms with E-state index in [-0.39, 0.29) is 57.5 Å². The maximum Gasteiger partial charge on any atom is 0.295 e. The molecule has 0 bridgehead atoms. The number of benzene rings is 5. The SMILES string of the molecule is CCN1/C(=C/C=C(/C=C/C2=[N+](CC)c3ccc4c(C)cc(S(=O)(=O)O)cc4c3C2(C)C)c2ccc(C(=O)NCCCCC(=O)NCc3ccc(S(N)(=O)=O)cc3)cn2)C(C)(C)c2c1ccc1c(S(=O)(=O)O)cc(S(=O)(=O)O)cc21. The van der Waals surface area contributed by atoms with Crippen LogP contribution in [0.3, 0.4) is 0 Å². The molecule has 6 aromatic rings. The molecule has 0 saturated heterocycles. The number of sulfonamides is 1. The highest BCUT2D eigenvalue weighted by Gasteiger charge is 2.46. The summed E-state index contributed by atoms with van der Waals surface area (Å²) in [6.45, 7) is 15.0. The summed E-state index contributed by atoms with van der Waals surface area (Å²) in [4.78, 5) is 31.1. The fraction of sp³-hybridized carbons (Fsp3) is 0.286. The molecule has 416 valence electrons. The number of primary sulfonamides is 1. The van der Waals surface area contributed by atoms with E-state index in [0.717, 1.165) is 28.4 Å². The van der Waals surface area contributed by atoms with E-state index in [1.165, 1.54) is 42.6 Å². The van der Waals surface area contributed by atoms with E-state index in [4.69, 9.17) is 10.1 Å². The van der Waals surface area contributed by atoms with E-state index in [2.05, 4.69) is 15.2 Å². The molecular weight excluding hydrogens is 1090 g/mol. The van der Waals surface area contributed by atoms with Gasteiger partial charge in [0.25, 0.3) is 36.3 Å².